The summed E-state index contributed by atoms with van der Waals surface area (Å²) in [7, 11) is 0. The van der Waals surface area contributed by atoms with E-state index in [0.29, 0.717) is 12.2 Å². The van der Waals surface area contributed by atoms with Gasteiger partial charge in [-0.1, -0.05) is 13.5 Å². The van der Waals surface area contributed by atoms with E-state index in [1.165, 1.54) is 4.90 Å². The summed E-state index contributed by atoms with van der Waals surface area (Å²) in [6, 6.07) is -0.234. The van der Waals surface area contributed by atoms with E-state index in [1.54, 1.807) is 0 Å². The molecule has 2 amide bonds. The Balaban J connectivity index is 2.71. The second kappa shape index (κ2) is 2.74. The highest BCUT2D eigenvalue weighted by atomic mass is 16.2. The minimum atomic E-state index is -0.234. The number of nitrogens with one attached hydrogen (secondary N) is 2. The van der Waals surface area contributed by atoms with Crippen LogP contribution in [-0.2, 0) is 0 Å². The van der Waals surface area contributed by atoms with Crippen LogP contribution in [0.4, 0.5) is 4.79 Å². The Kier molecular flexibility index (Phi) is 1.94. The third-order valence-electron chi connectivity index (χ3n) is 1.51. The van der Waals surface area contributed by atoms with Crippen molar-refractivity contribution in [2.45, 2.75) is 13.3 Å². The van der Waals surface area contributed by atoms with Gasteiger partial charge in [-0.05, 0) is 6.42 Å². The summed E-state index contributed by atoms with van der Waals surface area (Å²) in [6.07, 6.45) is 0.850. The maximum atomic E-state index is 11.0. The molecule has 0 spiro atoms. The number of amidine groups is 1. The molecule has 2 N–H and O–H groups in total. The molecule has 1 aliphatic heterocycles. The maximum absolute atomic E-state index is 11.0. The van der Waals surface area contributed by atoms with Crippen LogP contribution in [0.5, 0.6) is 0 Å². The Morgan fingerprint density at radius 3 is 2.73 bits per heavy atom. The van der Waals surface area contributed by atoms with E-state index in [-0.39, 0.29) is 11.9 Å². The smallest absolute Gasteiger partial charge is 0.305 e. The van der Waals surface area contributed by atoms with Crippen molar-refractivity contribution >= 4 is 11.9 Å². The van der Waals surface area contributed by atoms with Gasteiger partial charge in [-0.2, -0.15) is 0 Å². The van der Waals surface area contributed by atoms with E-state index in [0.717, 1.165) is 6.42 Å². The number of rotatable bonds is 2. The zero-order valence-electron chi connectivity index (χ0n) is 6.48. The molecule has 1 saturated heterocycles. The van der Waals surface area contributed by atoms with Crippen molar-refractivity contribution in [1.82, 2.24) is 10.2 Å². The van der Waals surface area contributed by atoms with E-state index >= 15 is 0 Å². The summed E-state index contributed by atoms with van der Waals surface area (Å²) < 4.78 is 0. The maximum Gasteiger partial charge on any atom is 0.327 e. The molecule has 4 heteroatoms. The fourth-order valence-electron chi connectivity index (χ4n) is 0.957. The fourth-order valence-corrected chi connectivity index (χ4v) is 0.957. The van der Waals surface area contributed by atoms with Gasteiger partial charge in [0.15, 0.2) is 5.84 Å². The largest absolute Gasteiger partial charge is 0.327 e. The molecular weight excluding hydrogens is 142 g/mol. The highest BCUT2D eigenvalue weighted by molar-refractivity contribution is 6.12. The van der Waals surface area contributed by atoms with Gasteiger partial charge in [-0.15, -0.1) is 0 Å². The van der Waals surface area contributed by atoms with Gasteiger partial charge in [0.1, 0.15) is 0 Å². The summed E-state index contributed by atoms with van der Waals surface area (Å²) in [5, 5.41) is 9.86. The predicted molar refractivity (Wildman–Crippen MR) is 42.4 cm³/mol. The minimum absolute atomic E-state index is 0.192. The third kappa shape index (κ3) is 1.24. The van der Waals surface area contributed by atoms with Crippen LogP contribution < -0.4 is 5.32 Å². The molecular formula is C7H11N3O. The van der Waals surface area contributed by atoms with Crippen molar-refractivity contribution in [3.8, 4) is 0 Å². The molecule has 4 nitrogen and oxygen atoms in total. The van der Waals surface area contributed by atoms with E-state index < -0.39 is 0 Å². The quantitative estimate of drug-likeness (QED) is 0.608. The van der Waals surface area contributed by atoms with Gasteiger partial charge in [0.2, 0.25) is 0 Å². The minimum Gasteiger partial charge on any atom is -0.305 e. The predicted octanol–water partition coefficient (Wildman–Crippen LogP) is 0.913. The molecule has 1 fully saturated rings. The van der Waals surface area contributed by atoms with Crippen LogP contribution >= 0.6 is 0 Å². The molecule has 1 heterocycles. The van der Waals surface area contributed by atoms with Crippen molar-refractivity contribution in [2.24, 2.45) is 0 Å². The Morgan fingerprint density at radius 1 is 1.73 bits per heavy atom. The van der Waals surface area contributed by atoms with Crippen LogP contribution in [-0.4, -0.2) is 23.3 Å². The van der Waals surface area contributed by atoms with Gasteiger partial charge in [0.05, 0.1) is 5.70 Å². The molecule has 0 unspecified atom stereocenters. The summed E-state index contributed by atoms with van der Waals surface area (Å²) in [5.41, 5.74) is 0.392. The lowest BCUT2D eigenvalue weighted by molar-refractivity contribution is 0.228. The molecule has 0 atom stereocenters. The molecule has 11 heavy (non-hydrogen) atoms. The average Bonchev–Trinajstić information content (AvgIpc) is 2.17. The zero-order valence-corrected chi connectivity index (χ0v) is 6.48. The van der Waals surface area contributed by atoms with Gasteiger partial charge in [-0.25, -0.2) is 4.79 Å². The number of hydrogen-bond acceptors (Lipinski definition) is 2. The highest BCUT2D eigenvalue weighted by Crippen LogP contribution is 2.07. The van der Waals surface area contributed by atoms with Crippen LogP contribution in [0, 0.1) is 5.41 Å². The lowest BCUT2D eigenvalue weighted by atomic mass is 10.4. The lowest BCUT2D eigenvalue weighted by Crippen LogP contribution is -2.31. The Labute approximate surface area is 65.4 Å². The number of carbonyl (C=O) groups excluding carboxylic acids is 1. The van der Waals surface area contributed by atoms with Crippen LogP contribution in [0.15, 0.2) is 12.3 Å². The molecule has 0 aromatic rings. The molecule has 0 saturated carbocycles. The van der Waals surface area contributed by atoms with Gasteiger partial charge >= 0.3 is 6.03 Å². The number of hydrogen-bond donors (Lipinski definition) is 2. The number of nitrogens with zero attached hydrogens (tertiary/aromatic N) is 1. The zero-order chi connectivity index (χ0) is 8.43. The van der Waals surface area contributed by atoms with Gasteiger partial charge < -0.3 is 5.32 Å². The van der Waals surface area contributed by atoms with E-state index in [9.17, 15) is 4.79 Å². The first-order valence-corrected chi connectivity index (χ1v) is 3.53. The third-order valence-corrected chi connectivity index (χ3v) is 1.51. The molecule has 0 radical (unpaired) electrons. The molecule has 0 aromatic carbocycles. The molecule has 1 rings (SSSR count). The van der Waals surface area contributed by atoms with Gasteiger partial charge in [0, 0.05) is 6.54 Å². The Bertz CT molecular complexity index is 222. The van der Waals surface area contributed by atoms with Crippen molar-refractivity contribution in [1.29, 1.82) is 5.41 Å². The van der Waals surface area contributed by atoms with E-state index in [4.69, 9.17) is 5.41 Å². The molecule has 0 aromatic heterocycles. The fraction of sp³-hybridized carbons (Fsp3) is 0.429. The first kappa shape index (κ1) is 7.78. The van der Waals surface area contributed by atoms with Gasteiger partial charge in [0.25, 0.3) is 0 Å². The summed E-state index contributed by atoms with van der Waals surface area (Å²) >= 11 is 0. The van der Waals surface area contributed by atoms with Crippen molar-refractivity contribution in [2.75, 3.05) is 6.54 Å². The lowest BCUT2D eigenvalue weighted by Gasteiger charge is -2.10. The topological polar surface area (TPSA) is 56.2 Å². The second-order valence-corrected chi connectivity index (χ2v) is 2.41. The Hall–Kier alpha value is -1.32. The van der Waals surface area contributed by atoms with Crippen LogP contribution in [0.25, 0.3) is 0 Å². The van der Waals surface area contributed by atoms with E-state index in [2.05, 4.69) is 11.9 Å². The average molecular weight is 153 g/mol. The second-order valence-electron chi connectivity index (χ2n) is 2.41. The Morgan fingerprint density at radius 2 is 2.36 bits per heavy atom. The normalized spacial score (nSPS) is 17.5. The standard InChI is InChI=1S/C7H11N3O/c1-3-4-10-6(8)5(2)9-7(10)11/h8H,2-4H2,1H3,(H,9,11). The van der Waals surface area contributed by atoms with E-state index in [1.807, 2.05) is 6.92 Å². The number of amides is 2. The molecule has 0 bridgehead atoms. The summed E-state index contributed by atoms with van der Waals surface area (Å²) in [6.45, 7) is 6.07. The van der Waals surface area contributed by atoms with Crippen LogP contribution in [0.3, 0.4) is 0 Å². The van der Waals surface area contributed by atoms with Crippen molar-refractivity contribution in [3.05, 3.63) is 12.3 Å². The highest BCUT2D eigenvalue weighted by Gasteiger charge is 2.27. The van der Waals surface area contributed by atoms with Crippen LogP contribution in [0.1, 0.15) is 13.3 Å². The SMILES string of the molecule is C=C1NC(=O)N(CCC)C1=N. The van der Waals surface area contributed by atoms with Crippen molar-refractivity contribution < 1.29 is 4.79 Å². The molecule has 60 valence electrons. The van der Waals surface area contributed by atoms with Gasteiger partial charge in [-0.3, -0.25) is 10.3 Å². The van der Waals surface area contributed by atoms with Crippen molar-refractivity contribution in [3.63, 3.8) is 0 Å². The van der Waals surface area contributed by atoms with Crippen LogP contribution in [0.2, 0.25) is 0 Å². The summed E-state index contributed by atoms with van der Waals surface area (Å²) in [5.74, 6) is 0.192. The number of carbonyl (C=O) groups is 1. The summed E-state index contributed by atoms with van der Waals surface area (Å²) in [4.78, 5) is 12.4. The first-order chi connectivity index (χ1) is 5.16. The molecule has 1 aliphatic rings. The molecule has 0 aliphatic carbocycles. The monoisotopic (exact) mass is 153 g/mol. The number of urea groups is 1. The first-order valence-electron chi connectivity index (χ1n) is 3.53.